The number of hydrogen-bond acceptors (Lipinski definition) is 5. The molecule has 0 spiro atoms. The first-order chi connectivity index (χ1) is 14.2. The van der Waals surface area contributed by atoms with Crippen LogP contribution in [-0.2, 0) is 4.74 Å². The van der Waals surface area contributed by atoms with Crippen LogP contribution >= 0.6 is 0 Å². The number of carbonyl (C=O) groups excluding carboxylic acids is 2. The van der Waals surface area contributed by atoms with Gasteiger partial charge in [-0.15, -0.1) is 0 Å². The van der Waals surface area contributed by atoms with E-state index in [9.17, 15) is 9.59 Å². The molecule has 6 heteroatoms. The molecule has 0 aromatic heterocycles. The van der Waals surface area contributed by atoms with Gasteiger partial charge in [0.1, 0.15) is 11.9 Å². The van der Waals surface area contributed by atoms with Gasteiger partial charge in [0.25, 0.3) is 5.91 Å². The molecule has 2 heterocycles. The number of methoxy groups -OCH3 is 1. The third-order valence-electron chi connectivity index (χ3n) is 5.71. The van der Waals surface area contributed by atoms with Crippen LogP contribution in [0.5, 0.6) is 5.75 Å². The van der Waals surface area contributed by atoms with Crippen LogP contribution in [0.2, 0.25) is 0 Å². The van der Waals surface area contributed by atoms with E-state index in [1.807, 2.05) is 53.4 Å². The molecule has 29 heavy (non-hydrogen) atoms. The molecule has 6 nitrogen and oxygen atoms in total. The Hall–Kier alpha value is -2.86. The number of piperazine rings is 1. The number of benzene rings is 2. The van der Waals surface area contributed by atoms with Gasteiger partial charge in [0.15, 0.2) is 0 Å². The minimum absolute atomic E-state index is 0.0711. The number of cyclic esters (lactones) is 1. The topological polar surface area (TPSA) is 59.1 Å². The van der Waals surface area contributed by atoms with Crippen molar-refractivity contribution in [3.05, 3.63) is 65.2 Å². The molecule has 1 saturated heterocycles. The van der Waals surface area contributed by atoms with E-state index in [1.54, 1.807) is 7.11 Å². The van der Waals surface area contributed by atoms with E-state index in [-0.39, 0.29) is 18.0 Å². The zero-order valence-corrected chi connectivity index (χ0v) is 16.7. The van der Waals surface area contributed by atoms with Crippen LogP contribution in [0.1, 0.15) is 45.2 Å². The summed E-state index contributed by atoms with van der Waals surface area (Å²) in [5, 5.41) is 0. The summed E-state index contributed by atoms with van der Waals surface area (Å²) < 4.78 is 10.7. The fourth-order valence-corrected chi connectivity index (χ4v) is 4.03. The number of amides is 1. The Bertz CT molecular complexity index is 873. The van der Waals surface area contributed by atoms with Crippen LogP contribution in [0.15, 0.2) is 48.5 Å². The average molecular weight is 394 g/mol. The SMILES string of the molecule is COc1ccc(C(=O)N2CCN(CCCC3OC(=O)c4ccccc43)CC2)cc1. The molecule has 2 aromatic carbocycles. The second kappa shape index (κ2) is 8.66. The van der Waals surface area contributed by atoms with E-state index in [0.717, 1.165) is 56.9 Å². The molecule has 1 fully saturated rings. The zero-order valence-electron chi connectivity index (χ0n) is 16.7. The Labute approximate surface area is 171 Å². The van der Waals surface area contributed by atoms with Gasteiger partial charge in [0.2, 0.25) is 0 Å². The normalized spacial score (nSPS) is 19.0. The van der Waals surface area contributed by atoms with Gasteiger partial charge in [0.05, 0.1) is 12.7 Å². The highest BCUT2D eigenvalue weighted by atomic mass is 16.5. The van der Waals surface area contributed by atoms with Gasteiger partial charge in [0, 0.05) is 37.3 Å². The van der Waals surface area contributed by atoms with Crippen LogP contribution in [0.3, 0.4) is 0 Å². The van der Waals surface area contributed by atoms with Crippen molar-refractivity contribution >= 4 is 11.9 Å². The van der Waals surface area contributed by atoms with Crippen LogP contribution in [-0.4, -0.2) is 61.5 Å². The van der Waals surface area contributed by atoms with Crippen molar-refractivity contribution in [1.29, 1.82) is 0 Å². The Morgan fingerprint density at radius 1 is 1.07 bits per heavy atom. The van der Waals surface area contributed by atoms with Crippen LogP contribution in [0.25, 0.3) is 0 Å². The molecule has 2 aliphatic rings. The smallest absolute Gasteiger partial charge is 0.339 e. The third-order valence-corrected chi connectivity index (χ3v) is 5.71. The van der Waals surface area contributed by atoms with E-state index in [1.165, 1.54) is 0 Å². The monoisotopic (exact) mass is 394 g/mol. The fraction of sp³-hybridized carbons (Fsp3) is 0.391. The van der Waals surface area contributed by atoms with Gasteiger partial charge in [-0.1, -0.05) is 18.2 Å². The van der Waals surface area contributed by atoms with E-state index in [0.29, 0.717) is 11.1 Å². The largest absolute Gasteiger partial charge is 0.497 e. The number of ether oxygens (including phenoxy) is 2. The lowest BCUT2D eigenvalue weighted by Crippen LogP contribution is -2.48. The maximum Gasteiger partial charge on any atom is 0.339 e. The summed E-state index contributed by atoms with van der Waals surface area (Å²) in [6, 6.07) is 14.9. The molecule has 1 amide bonds. The van der Waals surface area contributed by atoms with Crippen LogP contribution < -0.4 is 4.74 Å². The molecular weight excluding hydrogens is 368 g/mol. The number of hydrogen-bond donors (Lipinski definition) is 0. The summed E-state index contributed by atoms with van der Waals surface area (Å²) in [6.45, 7) is 4.13. The Balaban J connectivity index is 1.22. The highest BCUT2D eigenvalue weighted by Crippen LogP contribution is 2.33. The standard InChI is InChI=1S/C23H26N2O4/c1-28-18-10-8-17(9-11-18)22(26)25-15-13-24(14-16-25)12-4-7-21-19-5-2-3-6-20(19)23(27)29-21/h2-3,5-6,8-11,21H,4,7,12-16H2,1H3. The molecule has 0 saturated carbocycles. The number of rotatable bonds is 6. The van der Waals surface area contributed by atoms with Gasteiger partial charge >= 0.3 is 5.97 Å². The molecule has 4 rings (SSSR count). The molecule has 0 N–H and O–H groups in total. The average Bonchev–Trinajstić information content (AvgIpc) is 3.10. The predicted molar refractivity (Wildman–Crippen MR) is 109 cm³/mol. The minimum Gasteiger partial charge on any atom is -0.497 e. The summed E-state index contributed by atoms with van der Waals surface area (Å²) in [5.74, 6) is 0.611. The molecule has 2 aliphatic heterocycles. The van der Waals surface area contributed by atoms with Crippen molar-refractivity contribution < 1.29 is 19.1 Å². The first kappa shape index (κ1) is 19.5. The lowest BCUT2D eigenvalue weighted by atomic mass is 10.0. The summed E-state index contributed by atoms with van der Waals surface area (Å²) in [4.78, 5) is 28.9. The number of carbonyl (C=O) groups is 2. The molecule has 1 atom stereocenters. The number of nitrogens with zero attached hydrogens (tertiary/aromatic N) is 2. The summed E-state index contributed by atoms with van der Waals surface area (Å²) >= 11 is 0. The summed E-state index contributed by atoms with van der Waals surface area (Å²) in [6.07, 6.45) is 1.66. The molecule has 0 bridgehead atoms. The van der Waals surface area contributed by atoms with Gasteiger partial charge in [-0.05, 0) is 49.7 Å². The highest BCUT2D eigenvalue weighted by Gasteiger charge is 2.30. The molecule has 152 valence electrons. The lowest BCUT2D eigenvalue weighted by molar-refractivity contribution is 0.0353. The van der Waals surface area contributed by atoms with E-state index >= 15 is 0 Å². The predicted octanol–water partition coefficient (Wildman–Crippen LogP) is 3.14. The quantitative estimate of drug-likeness (QED) is 0.705. The van der Waals surface area contributed by atoms with Crippen molar-refractivity contribution in [1.82, 2.24) is 9.80 Å². The Kier molecular flexibility index (Phi) is 5.81. The van der Waals surface area contributed by atoms with Crippen molar-refractivity contribution in [3.63, 3.8) is 0 Å². The van der Waals surface area contributed by atoms with Gasteiger partial charge in [-0.2, -0.15) is 0 Å². The zero-order chi connectivity index (χ0) is 20.2. The summed E-state index contributed by atoms with van der Waals surface area (Å²) in [7, 11) is 1.62. The van der Waals surface area contributed by atoms with Gasteiger partial charge < -0.3 is 14.4 Å². The minimum atomic E-state index is -0.212. The first-order valence-electron chi connectivity index (χ1n) is 10.1. The fourth-order valence-electron chi connectivity index (χ4n) is 4.03. The van der Waals surface area contributed by atoms with Crippen molar-refractivity contribution in [3.8, 4) is 5.75 Å². The molecule has 2 aromatic rings. The van der Waals surface area contributed by atoms with Gasteiger partial charge in [-0.25, -0.2) is 4.79 Å². The van der Waals surface area contributed by atoms with Crippen molar-refractivity contribution in [2.45, 2.75) is 18.9 Å². The van der Waals surface area contributed by atoms with E-state index in [4.69, 9.17) is 9.47 Å². The Morgan fingerprint density at radius 3 is 2.52 bits per heavy atom. The van der Waals surface area contributed by atoms with E-state index < -0.39 is 0 Å². The van der Waals surface area contributed by atoms with Crippen LogP contribution in [0, 0.1) is 0 Å². The number of fused-ring (bicyclic) bond motifs is 1. The second-order valence-electron chi connectivity index (χ2n) is 7.49. The molecule has 0 aliphatic carbocycles. The Morgan fingerprint density at radius 2 is 1.79 bits per heavy atom. The molecule has 1 unspecified atom stereocenters. The highest BCUT2D eigenvalue weighted by molar-refractivity contribution is 5.94. The summed E-state index contributed by atoms with van der Waals surface area (Å²) in [5.41, 5.74) is 2.40. The lowest BCUT2D eigenvalue weighted by Gasteiger charge is -2.35. The first-order valence-corrected chi connectivity index (χ1v) is 10.1. The second-order valence-corrected chi connectivity index (χ2v) is 7.49. The third kappa shape index (κ3) is 4.27. The van der Waals surface area contributed by atoms with Crippen molar-refractivity contribution in [2.24, 2.45) is 0 Å². The number of esters is 1. The maximum absolute atomic E-state index is 12.7. The molecule has 0 radical (unpaired) electrons. The van der Waals surface area contributed by atoms with Gasteiger partial charge in [-0.3, -0.25) is 9.69 Å². The van der Waals surface area contributed by atoms with E-state index in [2.05, 4.69) is 4.90 Å². The van der Waals surface area contributed by atoms with Crippen LogP contribution in [0.4, 0.5) is 0 Å². The molecular formula is C23H26N2O4. The maximum atomic E-state index is 12.7. The van der Waals surface area contributed by atoms with Crippen molar-refractivity contribution in [2.75, 3.05) is 39.8 Å².